The minimum Gasteiger partial charge on any atom is -0.476 e. The van der Waals surface area contributed by atoms with E-state index in [0.717, 1.165) is 11.3 Å². The Kier molecular flexibility index (Phi) is 3.97. The van der Waals surface area contributed by atoms with Crippen molar-refractivity contribution in [1.82, 2.24) is 36.2 Å². The largest absolute Gasteiger partial charge is 0.476 e. The van der Waals surface area contributed by atoms with E-state index < -0.39 is 12.0 Å². The number of amides is 2. The molecule has 0 radical (unpaired) electrons. The molecule has 0 saturated heterocycles. The molecule has 0 fully saturated rings. The lowest BCUT2D eigenvalue weighted by atomic mass is 10.5. The van der Waals surface area contributed by atoms with Crippen LogP contribution in [0.3, 0.4) is 0 Å². The topological polar surface area (TPSA) is 146 Å². The van der Waals surface area contributed by atoms with Gasteiger partial charge in [-0.15, -0.1) is 21.5 Å². The van der Waals surface area contributed by atoms with Crippen LogP contribution in [0, 0.1) is 0 Å². The number of carbonyl (C=O) groups is 2. The van der Waals surface area contributed by atoms with Gasteiger partial charge in [0.2, 0.25) is 0 Å². The van der Waals surface area contributed by atoms with Crippen molar-refractivity contribution in [1.29, 1.82) is 0 Å². The SMILES string of the molecule is O=C(NCc1nn[nH]n1)NCc1nc(C(=O)O)cs1. The van der Waals surface area contributed by atoms with E-state index in [1.807, 2.05) is 0 Å². The zero-order valence-corrected chi connectivity index (χ0v) is 10.3. The fraction of sp³-hybridized carbons (Fsp3) is 0.250. The Morgan fingerprint density at radius 1 is 1.37 bits per heavy atom. The third kappa shape index (κ3) is 3.70. The first-order valence-electron chi connectivity index (χ1n) is 5.07. The molecule has 2 amide bonds. The predicted molar refractivity (Wildman–Crippen MR) is 62.3 cm³/mol. The van der Waals surface area contributed by atoms with E-state index in [1.165, 1.54) is 5.38 Å². The number of carbonyl (C=O) groups excluding carboxylic acids is 1. The molecule has 0 bridgehead atoms. The van der Waals surface area contributed by atoms with Gasteiger partial charge < -0.3 is 15.7 Å². The van der Waals surface area contributed by atoms with Gasteiger partial charge in [-0.25, -0.2) is 14.6 Å². The molecule has 2 aromatic heterocycles. The van der Waals surface area contributed by atoms with Gasteiger partial charge in [-0.1, -0.05) is 5.21 Å². The third-order valence-electron chi connectivity index (χ3n) is 1.97. The molecular formula is C8H9N7O3S. The number of tetrazole rings is 1. The Bertz CT molecular complexity index is 567. The quantitative estimate of drug-likeness (QED) is 0.570. The van der Waals surface area contributed by atoms with E-state index in [0.29, 0.717) is 10.8 Å². The molecule has 100 valence electrons. The van der Waals surface area contributed by atoms with Gasteiger partial charge in [0.05, 0.1) is 13.1 Å². The van der Waals surface area contributed by atoms with Gasteiger partial charge in [0.1, 0.15) is 5.01 Å². The number of carboxylic acids is 1. The maximum absolute atomic E-state index is 11.4. The van der Waals surface area contributed by atoms with E-state index in [-0.39, 0.29) is 18.8 Å². The van der Waals surface area contributed by atoms with Crippen LogP contribution in [0.4, 0.5) is 4.79 Å². The van der Waals surface area contributed by atoms with Crippen LogP contribution in [0.15, 0.2) is 5.38 Å². The lowest BCUT2D eigenvalue weighted by Gasteiger charge is -2.03. The van der Waals surface area contributed by atoms with E-state index in [4.69, 9.17) is 5.11 Å². The number of aromatic carboxylic acids is 1. The highest BCUT2D eigenvalue weighted by Crippen LogP contribution is 2.09. The molecule has 10 nitrogen and oxygen atoms in total. The molecule has 0 saturated carbocycles. The van der Waals surface area contributed by atoms with Gasteiger partial charge in [0, 0.05) is 5.38 Å². The number of thiazole rings is 1. The summed E-state index contributed by atoms with van der Waals surface area (Å²) in [5.41, 5.74) is -0.0333. The highest BCUT2D eigenvalue weighted by Gasteiger charge is 2.09. The van der Waals surface area contributed by atoms with E-state index in [2.05, 4.69) is 36.2 Å². The standard InChI is InChI=1S/C8H9N7O3S/c16-7(17)4-3-19-6(11-4)2-10-8(18)9-1-5-12-14-15-13-5/h3H,1-2H2,(H,16,17)(H2,9,10,18)(H,12,13,14,15). The molecule has 2 aromatic rings. The van der Waals surface area contributed by atoms with Crippen LogP contribution in [0.5, 0.6) is 0 Å². The Labute approximate surface area is 110 Å². The van der Waals surface area contributed by atoms with Crippen LogP contribution in [-0.4, -0.2) is 42.7 Å². The summed E-state index contributed by atoms with van der Waals surface area (Å²) in [7, 11) is 0. The zero-order chi connectivity index (χ0) is 13.7. The predicted octanol–water partition coefficient (Wildman–Crippen LogP) is -0.646. The van der Waals surface area contributed by atoms with Crippen molar-refractivity contribution in [2.45, 2.75) is 13.1 Å². The molecule has 19 heavy (non-hydrogen) atoms. The highest BCUT2D eigenvalue weighted by atomic mass is 32.1. The lowest BCUT2D eigenvalue weighted by Crippen LogP contribution is -2.34. The number of carboxylic acid groups (broad SMARTS) is 1. The van der Waals surface area contributed by atoms with Crippen molar-refractivity contribution in [3.05, 3.63) is 21.9 Å². The zero-order valence-electron chi connectivity index (χ0n) is 9.45. The number of aromatic nitrogens is 5. The Morgan fingerprint density at radius 2 is 2.16 bits per heavy atom. The highest BCUT2D eigenvalue weighted by molar-refractivity contribution is 7.09. The molecule has 0 aliphatic heterocycles. The number of hydrogen-bond acceptors (Lipinski definition) is 7. The Hall–Kier alpha value is -2.56. The lowest BCUT2D eigenvalue weighted by molar-refractivity contribution is 0.0691. The molecule has 4 N–H and O–H groups in total. The average molecular weight is 283 g/mol. The van der Waals surface area contributed by atoms with Crippen LogP contribution >= 0.6 is 11.3 Å². The fourth-order valence-electron chi connectivity index (χ4n) is 1.13. The third-order valence-corrected chi connectivity index (χ3v) is 2.82. The molecule has 0 aliphatic rings. The van der Waals surface area contributed by atoms with Crippen LogP contribution in [0.2, 0.25) is 0 Å². The smallest absolute Gasteiger partial charge is 0.355 e. The first-order chi connectivity index (χ1) is 9.15. The van der Waals surface area contributed by atoms with Crippen LogP contribution in [-0.2, 0) is 13.1 Å². The van der Waals surface area contributed by atoms with E-state index in [1.54, 1.807) is 0 Å². The van der Waals surface area contributed by atoms with Crippen molar-refractivity contribution in [2.75, 3.05) is 0 Å². The number of nitrogens with one attached hydrogen (secondary N) is 3. The normalized spacial score (nSPS) is 10.1. The maximum Gasteiger partial charge on any atom is 0.355 e. The summed E-state index contributed by atoms with van der Waals surface area (Å²) < 4.78 is 0. The van der Waals surface area contributed by atoms with Crippen molar-refractivity contribution in [3.63, 3.8) is 0 Å². The van der Waals surface area contributed by atoms with Crippen molar-refractivity contribution < 1.29 is 14.7 Å². The summed E-state index contributed by atoms with van der Waals surface area (Å²) in [6.45, 7) is 0.288. The number of nitrogens with zero attached hydrogens (tertiary/aromatic N) is 4. The second-order valence-corrected chi connectivity index (χ2v) is 4.24. The molecule has 11 heteroatoms. The van der Waals surface area contributed by atoms with Crippen molar-refractivity contribution in [3.8, 4) is 0 Å². The molecule has 0 aliphatic carbocycles. The molecular weight excluding hydrogens is 274 g/mol. The summed E-state index contributed by atoms with van der Waals surface area (Å²) >= 11 is 1.16. The number of aromatic amines is 1. The number of rotatable bonds is 5. The molecule has 0 spiro atoms. The summed E-state index contributed by atoms with van der Waals surface area (Å²) in [4.78, 5) is 25.8. The summed E-state index contributed by atoms with van der Waals surface area (Å²) in [6.07, 6.45) is 0. The molecule has 0 unspecified atom stereocenters. The van der Waals surface area contributed by atoms with Crippen LogP contribution in [0.25, 0.3) is 0 Å². The molecule has 2 heterocycles. The van der Waals surface area contributed by atoms with Gasteiger partial charge in [-0.05, 0) is 0 Å². The number of hydrogen-bond donors (Lipinski definition) is 4. The average Bonchev–Trinajstić information content (AvgIpc) is 3.05. The number of H-pyrrole nitrogens is 1. The second kappa shape index (κ2) is 5.86. The summed E-state index contributed by atoms with van der Waals surface area (Å²) in [5.74, 6) is -0.735. The van der Waals surface area contributed by atoms with E-state index >= 15 is 0 Å². The minimum absolute atomic E-state index is 0.0333. The van der Waals surface area contributed by atoms with E-state index in [9.17, 15) is 9.59 Å². The number of urea groups is 1. The van der Waals surface area contributed by atoms with Crippen molar-refractivity contribution >= 4 is 23.3 Å². The minimum atomic E-state index is -1.09. The molecule has 0 atom stereocenters. The first kappa shape index (κ1) is 12.9. The van der Waals surface area contributed by atoms with Crippen molar-refractivity contribution in [2.24, 2.45) is 0 Å². The fourth-order valence-corrected chi connectivity index (χ4v) is 1.83. The summed E-state index contributed by atoms with van der Waals surface area (Å²) in [6, 6.07) is -0.433. The maximum atomic E-state index is 11.4. The molecule has 2 rings (SSSR count). The Morgan fingerprint density at radius 3 is 2.79 bits per heavy atom. The van der Waals surface area contributed by atoms with Gasteiger partial charge in [0.25, 0.3) is 0 Å². The Balaban J connectivity index is 1.75. The van der Waals surface area contributed by atoms with Gasteiger partial charge >= 0.3 is 12.0 Å². The summed E-state index contributed by atoms with van der Waals surface area (Å²) in [5, 5.41) is 28.6. The van der Waals surface area contributed by atoms with Crippen LogP contribution < -0.4 is 10.6 Å². The van der Waals surface area contributed by atoms with Gasteiger partial charge in [-0.2, -0.15) is 5.21 Å². The van der Waals surface area contributed by atoms with Gasteiger partial charge in [-0.3, -0.25) is 0 Å². The van der Waals surface area contributed by atoms with Gasteiger partial charge in [0.15, 0.2) is 11.5 Å². The first-order valence-corrected chi connectivity index (χ1v) is 5.95. The monoisotopic (exact) mass is 283 g/mol. The molecule has 0 aromatic carbocycles. The second-order valence-electron chi connectivity index (χ2n) is 3.30. The van der Waals surface area contributed by atoms with Crippen LogP contribution in [0.1, 0.15) is 21.3 Å².